The molecule has 1 atom stereocenters. The normalized spacial score (nSPS) is 12.9. The molecule has 0 amide bonds. The summed E-state index contributed by atoms with van der Waals surface area (Å²) in [5.41, 5.74) is 6.59. The van der Waals surface area contributed by atoms with Crippen molar-refractivity contribution in [2.24, 2.45) is 5.73 Å². The van der Waals surface area contributed by atoms with Crippen molar-refractivity contribution in [1.82, 2.24) is 0 Å². The fraction of sp³-hybridized carbons (Fsp3) is 0.400. The van der Waals surface area contributed by atoms with Crippen LogP contribution in [0.1, 0.15) is 24.4 Å². The molecule has 1 aromatic rings. The molecular formula is C10H13BrFNO. The minimum atomic E-state index is -0.304. The van der Waals surface area contributed by atoms with Crippen LogP contribution in [0.25, 0.3) is 0 Å². The Morgan fingerprint density at radius 1 is 1.50 bits per heavy atom. The summed E-state index contributed by atoms with van der Waals surface area (Å²) in [5, 5.41) is 8.64. The van der Waals surface area contributed by atoms with Gasteiger partial charge in [0.15, 0.2) is 0 Å². The van der Waals surface area contributed by atoms with Gasteiger partial charge in [0.2, 0.25) is 0 Å². The van der Waals surface area contributed by atoms with E-state index >= 15 is 0 Å². The van der Waals surface area contributed by atoms with Gasteiger partial charge in [-0.25, -0.2) is 4.39 Å². The second-order valence-electron chi connectivity index (χ2n) is 3.12. The van der Waals surface area contributed by atoms with Gasteiger partial charge in [-0.1, -0.05) is 12.1 Å². The number of halogens is 2. The van der Waals surface area contributed by atoms with Crippen molar-refractivity contribution in [3.63, 3.8) is 0 Å². The smallest absolute Gasteiger partial charge is 0.137 e. The zero-order valence-corrected chi connectivity index (χ0v) is 9.30. The molecule has 0 heterocycles. The summed E-state index contributed by atoms with van der Waals surface area (Å²) < 4.78 is 13.5. The van der Waals surface area contributed by atoms with Gasteiger partial charge < -0.3 is 10.8 Å². The highest BCUT2D eigenvalue weighted by atomic mass is 79.9. The molecule has 0 bridgehead atoms. The SMILES string of the molecule is N[C@H](CCCO)c1cccc(F)c1Br. The Labute approximate surface area is 91.1 Å². The first-order chi connectivity index (χ1) is 6.66. The molecule has 0 aliphatic rings. The van der Waals surface area contributed by atoms with Gasteiger partial charge >= 0.3 is 0 Å². The van der Waals surface area contributed by atoms with E-state index in [1.165, 1.54) is 6.07 Å². The van der Waals surface area contributed by atoms with E-state index in [4.69, 9.17) is 10.8 Å². The van der Waals surface area contributed by atoms with Crippen LogP contribution in [-0.2, 0) is 0 Å². The molecule has 4 heteroatoms. The minimum absolute atomic E-state index is 0.112. The van der Waals surface area contributed by atoms with Crippen LogP contribution < -0.4 is 5.73 Å². The van der Waals surface area contributed by atoms with Crippen molar-refractivity contribution in [2.75, 3.05) is 6.61 Å². The van der Waals surface area contributed by atoms with Crippen molar-refractivity contribution in [1.29, 1.82) is 0 Å². The first kappa shape index (κ1) is 11.6. The van der Waals surface area contributed by atoms with Crippen LogP contribution in [0.4, 0.5) is 4.39 Å². The summed E-state index contributed by atoms with van der Waals surface area (Å²) in [6.45, 7) is 0.112. The molecule has 2 nitrogen and oxygen atoms in total. The molecule has 0 radical (unpaired) electrons. The molecule has 14 heavy (non-hydrogen) atoms. The zero-order chi connectivity index (χ0) is 10.6. The van der Waals surface area contributed by atoms with Gasteiger partial charge in [0, 0.05) is 12.6 Å². The third-order valence-corrected chi connectivity index (χ3v) is 2.89. The quantitative estimate of drug-likeness (QED) is 0.874. The summed E-state index contributed by atoms with van der Waals surface area (Å²) in [7, 11) is 0. The Hall–Kier alpha value is -0.450. The lowest BCUT2D eigenvalue weighted by molar-refractivity contribution is 0.280. The third-order valence-electron chi connectivity index (χ3n) is 2.05. The van der Waals surface area contributed by atoms with E-state index in [-0.39, 0.29) is 18.5 Å². The van der Waals surface area contributed by atoms with Crippen LogP contribution in [0.5, 0.6) is 0 Å². The lowest BCUT2D eigenvalue weighted by Gasteiger charge is -2.13. The van der Waals surface area contributed by atoms with Crippen LogP contribution in [0.2, 0.25) is 0 Å². The molecule has 0 spiro atoms. The Morgan fingerprint density at radius 3 is 2.86 bits per heavy atom. The fourth-order valence-electron chi connectivity index (χ4n) is 1.27. The van der Waals surface area contributed by atoms with Crippen molar-refractivity contribution in [3.8, 4) is 0 Å². The molecular weight excluding hydrogens is 249 g/mol. The van der Waals surface area contributed by atoms with Gasteiger partial charge in [0.1, 0.15) is 5.82 Å². The van der Waals surface area contributed by atoms with E-state index < -0.39 is 0 Å². The second kappa shape index (κ2) is 5.44. The first-order valence-corrected chi connectivity index (χ1v) is 5.26. The largest absolute Gasteiger partial charge is 0.396 e. The average molecular weight is 262 g/mol. The van der Waals surface area contributed by atoms with Crippen molar-refractivity contribution in [2.45, 2.75) is 18.9 Å². The Bertz CT molecular complexity index is 306. The standard InChI is InChI=1S/C10H13BrFNO/c11-10-7(3-1-4-8(10)12)9(13)5-2-6-14/h1,3-4,9,14H,2,5-6,13H2/t9-/m1/s1. The lowest BCUT2D eigenvalue weighted by atomic mass is 10.0. The summed E-state index contributed by atoms with van der Waals surface area (Å²) >= 11 is 3.16. The molecule has 0 aliphatic carbocycles. The van der Waals surface area contributed by atoms with Gasteiger partial charge in [-0.2, -0.15) is 0 Å². The fourth-order valence-corrected chi connectivity index (χ4v) is 1.83. The van der Waals surface area contributed by atoms with Gasteiger partial charge in [-0.15, -0.1) is 0 Å². The minimum Gasteiger partial charge on any atom is -0.396 e. The molecule has 0 fully saturated rings. The van der Waals surface area contributed by atoms with Crippen molar-refractivity contribution < 1.29 is 9.50 Å². The summed E-state index contributed by atoms with van der Waals surface area (Å²) in [4.78, 5) is 0. The molecule has 0 aromatic heterocycles. The van der Waals surface area contributed by atoms with E-state index in [1.807, 2.05) is 0 Å². The lowest BCUT2D eigenvalue weighted by Crippen LogP contribution is -2.12. The molecule has 1 aromatic carbocycles. The predicted molar refractivity (Wildman–Crippen MR) is 57.3 cm³/mol. The van der Waals surface area contributed by atoms with Gasteiger partial charge in [0.25, 0.3) is 0 Å². The predicted octanol–water partition coefficient (Wildman–Crippen LogP) is 2.36. The number of hydrogen-bond acceptors (Lipinski definition) is 2. The van der Waals surface area contributed by atoms with Crippen molar-refractivity contribution in [3.05, 3.63) is 34.1 Å². The molecule has 0 saturated carbocycles. The number of aliphatic hydroxyl groups is 1. The molecule has 3 N–H and O–H groups in total. The molecule has 1 rings (SSSR count). The molecule has 0 saturated heterocycles. The van der Waals surface area contributed by atoms with Crippen LogP contribution in [0.15, 0.2) is 22.7 Å². The van der Waals surface area contributed by atoms with E-state index in [1.54, 1.807) is 12.1 Å². The Kier molecular flexibility index (Phi) is 4.51. The molecule has 0 aliphatic heterocycles. The number of hydrogen-bond donors (Lipinski definition) is 2. The second-order valence-corrected chi connectivity index (χ2v) is 3.91. The average Bonchev–Trinajstić information content (AvgIpc) is 2.18. The molecule has 78 valence electrons. The number of benzene rings is 1. The number of rotatable bonds is 4. The maximum atomic E-state index is 13.1. The van der Waals surface area contributed by atoms with Crippen LogP contribution in [0, 0.1) is 5.82 Å². The Balaban J connectivity index is 2.79. The molecule has 0 unspecified atom stereocenters. The van der Waals surface area contributed by atoms with E-state index in [0.29, 0.717) is 17.3 Å². The maximum Gasteiger partial charge on any atom is 0.137 e. The van der Waals surface area contributed by atoms with E-state index in [9.17, 15) is 4.39 Å². The van der Waals surface area contributed by atoms with Crippen LogP contribution in [0.3, 0.4) is 0 Å². The zero-order valence-electron chi connectivity index (χ0n) is 7.71. The van der Waals surface area contributed by atoms with Gasteiger partial charge in [-0.3, -0.25) is 0 Å². The monoisotopic (exact) mass is 261 g/mol. The summed E-state index contributed by atoms with van der Waals surface area (Å²) in [5.74, 6) is -0.304. The van der Waals surface area contributed by atoms with E-state index in [2.05, 4.69) is 15.9 Å². The Morgan fingerprint density at radius 2 is 2.21 bits per heavy atom. The highest BCUT2D eigenvalue weighted by Crippen LogP contribution is 2.26. The summed E-state index contributed by atoms with van der Waals surface area (Å²) in [6, 6.07) is 4.57. The van der Waals surface area contributed by atoms with E-state index in [0.717, 1.165) is 5.56 Å². The topological polar surface area (TPSA) is 46.2 Å². The number of nitrogens with two attached hydrogens (primary N) is 1. The summed E-state index contributed by atoms with van der Waals surface area (Å²) in [6.07, 6.45) is 1.28. The van der Waals surface area contributed by atoms with Crippen LogP contribution in [-0.4, -0.2) is 11.7 Å². The maximum absolute atomic E-state index is 13.1. The van der Waals surface area contributed by atoms with Gasteiger partial charge in [0.05, 0.1) is 4.47 Å². The van der Waals surface area contributed by atoms with Crippen molar-refractivity contribution >= 4 is 15.9 Å². The third kappa shape index (κ3) is 2.77. The highest BCUT2D eigenvalue weighted by Gasteiger charge is 2.11. The highest BCUT2D eigenvalue weighted by molar-refractivity contribution is 9.10. The van der Waals surface area contributed by atoms with Crippen LogP contribution >= 0.6 is 15.9 Å². The first-order valence-electron chi connectivity index (χ1n) is 4.47. The number of aliphatic hydroxyl groups excluding tert-OH is 1. The van der Waals surface area contributed by atoms with Gasteiger partial charge in [-0.05, 0) is 40.4 Å².